The fraction of sp³-hybridized carbons (Fsp3) is 0.400. The van der Waals surface area contributed by atoms with E-state index in [0.717, 1.165) is 28.8 Å². The summed E-state index contributed by atoms with van der Waals surface area (Å²) in [6, 6.07) is 9.87. The number of aryl methyl sites for hydroxylation is 1. The van der Waals surface area contributed by atoms with Gasteiger partial charge in [0.25, 0.3) is 0 Å². The second kappa shape index (κ2) is 8.03. The van der Waals surface area contributed by atoms with Gasteiger partial charge in [0.2, 0.25) is 5.28 Å². The number of nitrogens with two attached hydrogens (primary N) is 1. The van der Waals surface area contributed by atoms with Crippen molar-refractivity contribution in [1.82, 2.24) is 24.3 Å². The van der Waals surface area contributed by atoms with Crippen LogP contribution < -0.4 is 5.73 Å². The zero-order chi connectivity index (χ0) is 24.5. The number of anilines is 1. The maximum atomic E-state index is 9.68. The topological polar surface area (TPSA) is 113 Å². The third kappa shape index (κ3) is 3.70. The highest BCUT2D eigenvalue weighted by Gasteiger charge is 2.55. The van der Waals surface area contributed by atoms with Crippen LogP contribution in [0.5, 0.6) is 0 Å². The second-order valence-corrected chi connectivity index (χ2v) is 10.1. The molecule has 1 saturated heterocycles. The Bertz CT molecular complexity index is 1430. The Morgan fingerprint density at radius 2 is 2.00 bits per heavy atom. The molecule has 9 nitrogen and oxygen atoms in total. The number of halogens is 1. The van der Waals surface area contributed by atoms with Gasteiger partial charge in [0.05, 0.1) is 29.8 Å². The molecule has 3 aromatic heterocycles. The molecule has 1 aliphatic carbocycles. The van der Waals surface area contributed by atoms with E-state index >= 15 is 0 Å². The van der Waals surface area contributed by atoms with E-state index in [1.807, 2.05) is 57.6 Å². The lowest BCUT2D eigenvalue weighted by molar-refractivity contribution is -0.157. The van der Waals surface area contributed by atoms with Crippen LogP contribution in [0.1, 0.15) is 43.4 Å². The van der Waals surface area contributed by atoms with Gasteiger partial charge < -0.3 is 24.9 Å². The lowest BCUT2D eigenvalue weighted by Crippen LogP contribution is -2.27. The second-order valence-electron chi connectivity index (χ2n) is 9.78. The fourth-order valence-corrected chi connectivity index (χ4v) is 5.80. The van der Waals surface area contributed by atoms with Gasteiger partial charge >= 0.3 is 0 Å². The summed E-state index contributed by atoms with van der Waals surface area (Å²) >= 11 is 6.26. The summed E-state index contributed by atoms with van der Waals surface area (Å²) in [7, 11) is 1.87. The van der Waals surface area contributed by atoms with Gasteiger partial charge in [0.1, 0.15) is 17.6 Å². The van der Waals surface area contributed by atoms with Crippen LogP contribution in [0.15, 0.2) is 42.7 Å². The minimum Gasteiger partial charge on any atom is -0.392 e. The van der Waals surface area contributed by atoms with E-state index in [0.29, 0.717) is 16.9 Å². The third-order valence-electron chi connectivity index (χ3n) is 7.02. The Hall–Kier alpha value is -2.98. The zero-order valence-electron chi connectivity index (χ0n) is 19.7. The van der Waals surface area contributed by atoms with Gasteiger partial charge in [-0.15, -0.1) is 0 Å². The SMILES string of the molecule is Cn1ccc(-c2cn([C@@H]3CC(c4cccc(CO)c4)[C@H]4OC(C)(C)O[C@H]43)c3nc(Cl)nc(N)c23)n1. The zero-order valence-corrected chi connectivity index (χ0v) is 20.5. The largest absolute Gasteiger partial charge is 0.392 e. The number of hydrogen-bond donors (Lipinski definition) is 2. The number of hydrogen-bond acceptors (Lipinski definition) is 7. The van der Waals surface area contributed by atoms with E-state index < -0.39 is 5.79 Å². The molecule has 0 amide bonds. The highest BCUT2D eigenvalue weighted by atomic mass is 35.5. The number of aliphatic hydroxyl groups is 1. The molecule has 0 spiro atoms. The molecule has 1 saturated carbocycles. The van der Waals surface area contributed by atoms with Crippen LogP contribution in [0.3, 0.4) is 0 Å². The summed E-state index contributed by atoms with van der Waals surface area (Å²) in [6.07, 6.45) is 4.30. The van der Waals surface area contributed by atoms with Crippen LogP contribution in [0, 0.1) is 0 Å². The smallest absolute Gasteiger partial charge is 0.226 e. The molecule has 6 rings (SSSR count). The number of rotatable bonds is 4. The van der Waals surface area contributed by atoms with E-state index in [1.165, 1.54) is 0 Å². The van der Waals surface area contributed by atoms with Crippen molar-refractivity contribution in [3.05, 3.63) is 59.1 Å². The van der Waals surface area contributed by atoms with Gasteiger partial charge in [-0.3, -0.25) is 4.68 Å². The molecule has 2 aliphatic rings. The van der Waals surface area contributed by atoms with Crippen LogP contribution in [-0.4, -0.2) is 47.4 Å². The molecule has 35 heavy (non-hydrogen) atoms. The number of benzene rings is 1. The van der Waals surface area contributed by atoms with Gasteiger partial charge in [-0.25, -0.2) is 4.98 Å². The van der Waals surface area contributed by atoms with E-state index in [2.05, 4.69) is 25.7 Å². The van der Waals surface area contributed by atoms with Crippen LogP contribution in [-0.2, 0) is 23.1 Å². The maximum absolute atomic E-state index is 9.68. The highest BCUT2D eigenvalue weighted by Crippen LogP contribution is 2.52. The van der Waals surface area contributed by atoms with Crippen molar-refractivity contribution in [2.75, 3.05) is 5.73 Å². The molecule has 4 atom stereocenters. The van der Waals surface area contributed by atoms with Gasteiger partial charge in [-0.05, 0) is 49.1 Å². The maximum Gasteiger partial charge on any atom is 0.226 e. The average molecular weight is 495 g/mol. The molecule has 1 aliphatic heterocycles. The van der Waals surface area contributed by atoms with Crippen molar-refractivity contribution in [3.63, 3.8) is 0 Å². The first-order valence-corrected chi connectivity index (χ1v) is 12.0. The monoisotopic (exact) mass is 494 g/mol. The van der Waals surface area contributed by atoms with E-state index in [1.54, 1.807) is 4.68 Å². The molecule has 182 valence electrons. The van der Waals surface area contributed by atoms with Crippen molar-refractivity contribution < 1.29 is 14.6 Å². The molecule has 4 aromatic rings. The van der Waals surface area contributed by atoms with Crippen molar-refractivity contribution in [2.24, 2.45) is 7.05 Å². The van der Waals surface area contributed by atoms with Crippen LogP contribution >= 0.6 is 11.6 Å². The summed E-state index contributed by atoms with van der Waals surface area (Å²) in [4.78, 5) is 8.79. The number of fused-ring (bicyclic) bond motifs is 2. The Labute approximate surface area is 207 Å². The Morgan fingerprint density at radius 1 is 1.20 bits per heavy atom. The summed E-state index contributed by atoms with van der Waals surface area (Å²) in [6.45, 7) is 3.87. The molecular formula is C25H27ClN6O3. The molecule has 10 heteroatoms. The Morgan fingerprint density at radius 3 is 2.74 bits per heavy atom. The fourth-order valence-electron chi connectivity index (χ4n) is 5.63. The van der Waals surface area contributed by atoms with Gasteiger partial charge in [-0.2, -0.15) is 10.1 Å². The molecule has 0 bridgehead atoms. The van der Waals surface area contributed by atoms with E-state index in [9.17, 15) is 5.11 Å². The average Bonchev–Trinajstić information content (AvgIpc) is 3.55. The van der Waals surface area contributed by atoms with Crippen LogP contribution in [0.4, 0.5) is 5.82 Å². The van der Waals surface area contributed by atoms with Crippen molar-refractivity contribution in [2.45, 2.75) is 56.8 Å². The first kappa shape index (κ1) is 22.5. The minimum atomic E-state index is -0.723. The molecule has 0 radical (unpaired) electrons. The van der Waals surface area contributed by atoms with Crippen molar-refractivity contribution >= 4 is 28.5 Å². The van der Waals surface area contributed by atoms with Gasteiger partial charge in [0.15, 0.2) is 5.79 Å². The number of nitrogen functional groups attached to an aromatic ring is 1. The molecule has 1 unspecified atom stereocenters. The molecule has 3 N–H and O–H groups in total. The number of ether oxygens (including phenoxy) is 2. The van der Waals surface area contributed by atoms with Crippen LogP contribution in [0.2, 0.25) is 5.28 Å². The Kier molecular flexibility index (Phi) is 5.16. The number of aliphatic hydroxyl groups excluding tert-OH is 1. The number of aromatic nitrogens is 5. The molecule has 1 aromatic carbocycles. The van der Waals surface area contributed by atoms with Crippen molar-refractivity contribution in [3.8, 4) is 11.3 Å². The van der Waals surface area contributed by atoms with E-state index in [4.69, 9.17) is 26.8 Å². The van der Waals surface area contributed by atoms with Gasteiger partial charge in [-0.1, -0.05) is 24.3 Å². The lowest BCUT2D eigenvalue weighted by atomic mass is 9.94. The molecule has 4 heterocycles. The van der Waals surface area contributed by atoms with E-state index in [-0.39, 0.29) is 36.1 Å². The minimum absolute atomic E-state index is 0.00863. The standard InChI is InChI=1S/C25H27ClN6O3/c1-25(2)34-20-15(14-6-4-5-13(9-14)12-33)10-18(21(20)35-25)32-11-16(17-7-8-31(3)30-17)19-22(27)28-24(26)29-23(19)32/h4-9,11,15,18,20-21,33H,10,12H2,1-3H3,(H2,27,28,29)/t15?,18-,20-,21+/m1/s1. The summed E-state index contributed by atoms with van der Waals surface area (Å²) in [5.74, 6) is -0.340. The highest BCUT2D eigenvalue weighted by molar-refractivity contribution is 6.29. The summed E-state index contributed by atoms with van der Waals surface area (Å²) in [5.41, 5.74) is 10.6. The molecular weight excluding hydrogens is 468 g/mol. The first-order chi connectivity index (χ1) is 16.7. The Balaban J connectivity index is 1.51. The van der Waals surface area contributed by atoms with Gasteiger partial charge in [0, 0.05) is 30.9 Å². The summed E-state index contributed by atoms with van der Waals surface area (Å²) in [5, 5.41) is 15.1. The first-order valence-electron chi connectivity index (χ1n) is 11.6. The quantitative estimate of drug-likeness (QED) is 0.415. The normalized spacial score (nSPS) is 25.4. The predicted octanol–water partition coefficient (Wildman–Crippen LogP) is 3.81. The third-order valence-corrected chi connectivity index (χ3v) is 7.19. The van der Waals surface area contributed by atoms with Crippen molar-refractivity contribution in [1.29, 1.82) is 0 Å². The number of nitrogens with zero attached hydrogens (tertiary/aromatic N) is 5. The predicted molar refractivity (Wildman–Crippen MR) is 132 cm³/mol. The van der Waals surface area contributed by atoms with Crippen LogP contribution in [0.25, 0.3) is 22.3 Å². The molecule has 2 fully saturated rings. The summed E-state index contributed by atoms with van der Waals surface area (Å²) < 4.78 is 16.7. The lowest BCUT2D eigenvalue weighted by Gasteiger charge is -2.25.